The van der Waals surface area contributed by atoms with Crippen molar-refractivity contribution in [2.45, 2.75) is 58.5 Å². The number of aliphatic hydroxyl groups is 1. The minimum Gasteiger partial charge on any atom is -0.393 e. The number of fused-ring (bicyclic) bond motifs is 1. The molecule has 1 heteroatoms. The van der Waals surface area contributed by atoms with Gasteiger partial charge in [-0.2, -0.15) is 0 Å². The predicted octanol–water partition coefficient (Wildman–Crippen LogP) is 3.47. The van der Waals surface area contributed by atoms with E-state index in [-0.39, 0.29) is 6.10 Å². The topological polar surface area (TPSA) is 20.2 Å². The van der Waals surface area contributed by atoms with Crippen LogP contribution < -0.4 is 0 Å². The van der Waals surface area contributed by atoms with Gasteiger partial charge in [0.15, 0.2) is 0 Å². The van der Waals surface area contributed by atoms with Crippen LogP contribution in [0.1, 0.15) is 52.4 Å². The largest absolute Gasteiger partial charge is 0.393 e. The van der Waals surface area contributed by atoms with Crippen LogP contribution in [0.25, 0.3) is 0 Å². The summed E-state index contributed by atoms with van der Waals surface area (Å²) in [6.45, 7) is 4.74. The first-order valence-electron chi connectivity index (χ1n) is 7.33. The molecule has 0 radical (unpaired) electrons. The summed E-state index contributed by atoms with van der Waals surface area (Å²) in [6, 6.07) is 0. The normalized spacial score (nSPS) is 53.4. The van der Waals surface area contributed by atoms with Crippen LogP contribution in [-0.4, -0.2) is 11.2 Å². The number of hydrogen-bond donors (Lipinski definition) is 1. The van der Waals surface area contributed by atoms with E-state index in [1.807, 2.05) is 0 Å². The van der Waals surface area contributed by atoms with E-state index in [4.69, 9.17) is 0 Å². The summed E-state index contributed by atoms with van der Waals surface area (Å²) in [7, 11) is 0. The maximum absolute atomic E-state index is 10.5. The quantitative estimate of drug-likeness (QED) is 0.758. The lowest BCUT2D eigenvalue weighted by Crippen LogP contribution is -2.34. The minimum atomic E-state index is 0.0303. The van der Waals surface area contributed by atoms with Crippen molar-refractivity contribution >= 4 is 0 Å². The molecule has 0 aromatic heterocycles. The molecule has 0 spiro atoms. The highest BCUT2D eigenvalue weighted by molar-refractivity contribution is 4.99. The lowest BCUT2D eigenvalue weighted by Gasteiger charge is -2.37. The second-order valence-electron chi connectivity index (χ2n) is 7.01. The first-order valence-corrected chi connectivity index (χ1v) is 7.33. The van der Waals surface area contributed by atoms with Crippen molar-refractivity contribution in [3.05, 3.63) is 0 Å². The third kappa shape index (κ3) is 1.92. The lowest BCUT2D eigenvalue weighted by atomic mass is 9.71. The van der Waals surface area contributed by atoms with Crippen molar-refractivity contribution in [1.82, 2.24) is 0 Å². The van der Waals surface area contributed by atoms with Gasteiger partial charge in [-0.05, 0) is 67.6 Å². The summed E-state index contributed by atoms with van der Waals surface area (Å²) < 4.78 is 0. The summed E-state index contributed by atoms with van der Waals surface area (Å²) in [5.74, 6) is 5.01. The smallest absolute Gasteiger partial charge is 0.0596 e. The Bertz CT molecular complexity index is 252. The second-order valence-corrected chi connectivity index (χ2v) is 7.01. The molecule has 3 rings (SSSR count). The Morgan fingerprint density at radius 3 is 2.12 bits per heavy atom. The van der Waals surface area contributed by atoms with Gasteiger partial charge in [0.2, 0.25) is 0 Å². The number of rotatable bonds is 2. The molecule has 1 nitrogen and oxygen atoms in total. The van der Waals surface area contributed by atoms with Crippen molar-refractivity contribution in [2.24, 2.45) is 35.5 Å². The molecule has 0 aromatic rings. The summed E-state index contributed by atoms with van der Waals surface area (Å²) in [5, 5.41) is 10.5. The highest BCUT2D eigenvalue weighted by Crippen LogP contribution is 2.56. The predicted molar refractivity (Wildman–Crippen MR) is 66.0 cm³/mol. The first-order chi connectivity index (χ1) is 7.65. The van der Waals surface area contributed by atoms with E-state index in [0.717, 1.165) is 23.7 Å². The molecule has 16 heavy (non-hydrogen) atoms. The molecule has 0 heterocycles. The lowest BCUT2D eigenvalue weighted by molar-refractivity contribution is 0.0123. The molecule has 3 aliphatic carbocycles. The molecule has 92 valence electrons. The van der Waals surface area contributed by atoms with Gasteiger partial charge < -0.3 is 5.11 Å². The van der Waals surface area contributed by atoms with Crippen LogP contribution in [0.15, 0.2) is 0 Å². The van der Waals surface area contributed by atoms with Crippen LogP contribution in [0.4, 0.5) is 0 Å². The van der Waals surface area contributed by atoms with Crippen LogP contribution in [-0.2, 0) is 0 Å². The molecule has 0 amide bonds. The van der Waals surface area contributed by atoms with Crippen molar-refractivity contribution in [1.29, 1.82) is 0 Å². The molecule has 6 unspecified atom stereocenters. The zero-order chi connectivity index (χ0) is 11.3. The van der Waals surface area contributed by atoms with Crippen molar-refractivity contribution in [3.63, 3.8) is 0 Å². The molecule has 0 saturated heterocycles. The van der Waals surface area contributed by atoms with Crippen LogP contribution in [0.2, 0.25) is 0 Å². The van der Waals surface area contributed by atoms with Crippen molar-refractivity contribution in [2.75, 3.05) is 0 Å². The van der Waals surface area contributed by atoms with E-state index in [1.54, 1.807) is 0 Å². The molecular formula is C15H26O. The van der Waals surface area contributed by atoms with E-state index in [9.17, 15) is 5.11 Å². The van der Waals surface area contributed by atoms with Gasteiger partial charge in [0.05, 0.1) is 6.10 Å². The van der Waals surface area contributed by atoms with E-state index in [2.05, 4.69) is 13.8 Å². The summed E-state index contributed by atoms with van der Waals surface area (Å²) in [5.41, 5.74) is 0. The Hall–Kier alpha value is -0.0400. The molecule has 0 aromatic carbocycles. The summed E-state index contributed by atoms with van der Waals surface area (Å²) >= 11 is 0. The van der Waals surface area contributed by atoms with Crippen LogP contribution in [0, 0.1) is 35.5 Å². The zero-order valence-electron chi connectivity index (χ0n) is 10.7. The average Bonchev–Trinajstić information content (AvgIpc) is 2.89. The average molecular weight is 222 g/mol. The maximum Gasteiger partial charge on any atom is 0.0596 e. The Balaban J connectivity index is 1.56. The summed E-state index contributed by atoms with van der Waals surface area (Å²) in [4.78, 5) is 0. The van der Waals surface area contributed by atoms with E-state index in [0.29, 0.717) is 11.8 Å². The van der Waals surface area contributed by atoms with E-state index in [1.165, 1.54) is 38.5 Å². The maximum atomic E-state index is 10.5. The van der Waals surface area contributed by atoms with Gasteiger partial charge in [-0.1, -0.05) is 20.3 Å². The SMILES string of the molecule is CC1CCC(C(O)C2CC3CC3C2)CC1C. The highest BCUT2D eigenvalue weighted by Gasteiger charge is 2.49. The molecular weight excluding hydrogens is 196 g/mol. The monoisotopic (exact) mass is 222 g/mol. The minimum absolute atomic E-state index is 0.0303. The fourth-order valence-corrected chi connectivity index (χ4v) is 4.32. The third-order valence-electron chi connectivity index (χ3n) is 5.88. The molecule has 3 fully saturated rings. The molecule has 6 atom stereocenters. The van der Waals surface area contributed by atoms with Gasteiger partial charge in [0.25, 0.3) is 0 Å². The first kappa shape index (κ1) is 11.1. The van der Waals surface area contributed by atoms with Gasteiger partial charge in [-0.25, -0.2) is 0 Å². The second kappa shape index (κ2) is 4.01. The van der Waals surface area contributed by atoms with Gasteiger partial charge in [0.1, 0.15) is 0 Å². The van der Waals surface area contributed by atoms with Crippen LogP contribution in [0.3, 0.4) is 0 Å². The van der Waals surface area contributed by atoms with Crippen LogP contribution in [0.5, 0.6) is 0 Å². The Kier molecular flexibility index (Phi) is 2.78. The van der Waals surface area contributed by atoms with Gasteiger partial charge in [-0.3, -0.25) is 0 Å². The van der Waals surface area contributed by atoms with E-state index >= 15 is 0 Å². The Labute approximate surface area is 99.6 Å². The standard InChI is InChI=1S/C15H26O/c1-9-3-4-11(5-10(9)2)15(16)14-7-12-6-13(12)8-14/h9-16H,3-8H2,1-2H3. The van der Waals surface area contributed by atoms with Crippen molar-refractivity contribution in [3.8, 4) is 0 Å². The van der Waals surface area contributed by atoms with Crippen molar-refractivity contribution < 1.29 is 5.11 Å². The van der Waals surface area contributed by atoms with Gasteiger partial charge >= 0.3 is 0 Å². The molecule has 1 N–H and O–H groups in total. The third-order valence-corrected chi connectivity index (χ3v) is 5.88. The zero-order valence-corrected chi connectivity index (χ0v) is 10.7. The molecule has 3 aliphatic rings. The summed E-state index contributed by atoms with van der Waals surface area (Å²) in [6.07, 6.45) is 8.07. The Morgan fingerprint density at radius 1 is 0.812 bits per heavy atom. The molecule has 0 aliphatic heterocycles. The van der Waals surface area contributed by atoms with Gasteiger partial charge in [-0.15, -0.1) is 0 Å². The molecule has 3 saturated carbocycles. The number of hydrogen-bond acceptors (Lipinski definition) is 1. The van der Waals surface area contributed by atoms with Crippen LogP contribution >= 0.6 is 0 Å². The van der Waals surface area contributed by atoms with E-state index < -0.39 is 0 Å². The van der Waals surface area contributed by atoms with Gasteiger partial charge in [0, 0.05) is 0 Å². The highest BCUT2D eigenvalue weighted by atomic mass is 16.3. The number of aliphatic hydroxyl groups excluding tert-OH is 1. The molecule has 0 bridgehead atoms. The fraction of sp³-hybridized carbons (Fsp3) is 1.00. The Morgan fingerprint density at radius 2 is 1.50 bits per heavy atom. The fourth-order valence-electron chi connectivity index (χ4n) is 4.32.